The highest BCUT2D eigenvalue weighted by molar-refractivity contribution is 5.78. The minimum Gasteiger partial charge on any atom is -0.354 e. The van der Waals surface area contributed by atoms with Gasteiger partial charge in [0.2, 0.25) is 5.91 Å². The quantitative estimate of drug-likeness (QED) is 0.834. The Kier molecular flexibility index (Phi) is 7.25. The highest BCUT2D eigenvalue weighted by Crippen LogP contribution is 2.22. The number of nitrogens with zero attached hydrogens (tertiary/aromatic N) is 2. The van der Waals surface area contributed by atoms with E-state index >= 15 is 0 Å². The van der Waals surface area contributed by atoms with Gasteiger partial charge >= 0.3 is 0 Å². The summed E-state index contributed by atoms with van der Waals surface area (Å²) in [6, 6.07) is 9.02. The second-order valence-corrected chi connectivity index (χ2v) is 7.02. The first kappa shape index (κ1) is 18.9. The van der Waals surface area contributed by atoms with Gasteiger partial charge in [0.15, 0.2) is 0 Å². The van der Waals surface area contributed by atoms with Crippen molar-refractivity contribution >= 4 is 5.91 Å². The molecular weight excluding hydrogens is 298 g/mol. The number of aryl methyl sites for hydroxylation is 1. The fourth-order valence-corrected chi connectivity index (χ4v) is 3.38. The summed E-state index contributed by atoms with van der Waals surface area (Å²) >= 11 is 0. The maximum Gasteiger partial charge on any atom is 0.223 e. The van der Waals surface area contributed by atoms with Gasteiger partial charge in [0.05, 0.1) is 6.04 Å². The minimum atomic E-state index is 0.135. The van der Waals surface area contributed by atoms with E-state index < -0.39 is 0 Å². The van der Waals surface area contributed by atoms with Crippen LogP contribution in [-0.4, -0.2) is 55.5 Å². The van der Waals surface area contributed by atoms with Gasteiger partial charge in [-0.2, -0.15) is 0 Å². The Balaban J connectivity index is 2.08. The molecule has 4 heteroatoms. The van der Waals surface area contributed by atoms with Crippen LogP contribution in [0.5, 0.6) is 0 Å². The zero-order valence-electron chi connectivity index (χ0n) is 15.7. The molecule has 24 heavy (non-hydrogen) atoms. The standard InChI is InChI=1S/C20H33N3O/c1-5-17(6-2)20(24)21-15-19(18-9-7-16(3)8-10-18)23-13-11-22(4)12-14-23/h7-10,17,19H,5-6,11-15H2,1-4H3,(H,21,24). The number of carbonyl (C=O) groups excluding carboxylic acids is 1. The highest BCUT2D eigenvalue weighted by Gasteiger charge is 2.25. The Morgan fingerprint density at radius 2 is 1.67 bits per heavy atom. The Labute approximate surface area is 147 Å². The van der Waals surface area contributed by atoms with E-state index in [2.05, 4.69) is 67.2 Å². The van der Waals surface area contributed by atoms with Gasteiger partial charge < -0.3 is 10.2 Å². The van der Waals surface area contributed by atoms with E-state index in [-0.39, 0.29) is 17.9 Å². The lowest BCUT2D eigenvalue weighted by Gasteiger charge is -2.38. The van der Waals surface area contributed by atoms with Crippen LogP contribution in [0.15, 0.2) is 24.3 Å². The van der Waals surface area contributed by atoms with Gasteiger partial charge in [-0.05, 0) is 32.4 Å². The number of likely N-dealkylation sites (N-methyl/N-ethyl adjacent to an activating group) is 1. The lowest BCUT2D eigenvalue weighted by Crippen LogP contribution is -2.48. The highest BCUT2D eigenvalue weighted by atomic mass is 16.1. The maximum absolute atomic E-state index is 12.4. The van der Waals surface area contributed by atoms with Crippen LogP contribution >= 0.6 is 0 Å². The molecule has 1 aliphatic rings. The summed E-state index contributed by atoms with van der Waals surface area (Å²) < 4.78 is 0. The number of nitrogens with one attached hydrogen (secondary N) is 1. The van der Waals surface area contributed by atoms with Crippen LogP contribution in [0.3, 0.4) is 0 Å². The summed E-state index contributed by atoms with van der Waals surface area (Å²) in [7, 11) is 2.17. The first-order valence-corrected chi connectivity index (χ1v) is 9.32. The molecule has 134 valence electrons. The molecule has 0 saturated carbocycles. The molecule has 1 unspecified atom stereocenters. The maximum atomic E-state index is 12.4. The number of benzene rings is 1. The van der Waals surface area contributed by atoms with E-state index in [1.807, 2.05) is 0 Å². The molecule has 1 N–H and O–H groups in total. The van der Waals surface area contributed by atoms with E-state index in [4.69, 9.17) is 0 Å². The summed E-state index contributed by atoms with van der Waals surface area (Å²) in [4.78, 5) is 17.3. The van der Waals surface area contributed by atoms with E-state index in [0.29, 0.717) is 6.54 Å². The summed E-state index contributed by atoms with van der Waals surface area (Å²) in [5.41, 5.74) is 2.58. The number of carbonyl (C=O) groups is 1. The van der Waals surface area contributed by atoms with Gasteiger partial charge in [0, 0.05) is 38.6 Å². The minimum absolute atomic E-state index is 0.135. The fraction of sp³-hybridized carbons (Fsp3) is 0.650. The van der Waals surface area contributed by atoms with Crippen molar-refractivity contribution in [3.63, 3.8) is 0 Å². The molecule has 1 amide bonds. The van der Waals surface area contributed by atoms with Crippen LogP contribution in [-0.2, 0) is 4.79 Å². The van der Waals surface area contributed by atoms with Gasteiger partial charge in [-0.1, -0.05) is 43.7 Å². The van der Waals surface area contributed by atoms with Crippen LogP contribution in [0, 0.1) is 12.8 Å². The van der Waals surface area contributed by atoms with Crippen molar-refractivity contribution in [3.8, 4) is 0 Å². The molecule has 2 rings (SSSR count). The number of hydrogen-bond donors (Lipinski definition) is 1. The zero-order valence-corrected chi connectivity index (χ0v) is 15.7. The molecule has 0 bridgehead atoms. The number of rotatable bonds is 7. The third kappa shape index (κ3) is 5.05. The Morgan fingerprint density at radius 1 is 1.08 bits per heavy atom. The molecule has 0 aromatic heterocycles. The first-order valence-electron chi connectivity index (χ1n) is 9.32. The van der Waals surface area contributed by atoms with E-state index in [9.17, 15) is 4.79 Å². The first-order chi connectivity index (χ1) is 11.5. The SMILES string of the molecule is CCC(CC)C(=O)NCC(c1ccc(C)cc1)N1CCN(C)CC1. The number of piperazine rings is 1. The van der Waals surface area contributed by atoms with E-state index in [0.717, 1.165) is 39.0 Å². The summed E-state index contributed by atoms with van der Waals surface area (Å²) in [6.45, 7) is 11.3. The monoisotopic (exact) mass is 331 g/mol. The zero-order chi connectivity index (χ0) is 17.5. The molecule has 0 radical (unpaired) electrons. The van der Waals surface area contributed by atoms with Crippen molar-refractivity contribution < 1.29 is 4.79 Å². The predicted molar refractivity (Wildman–Crippen MR) is 100 cm³/mol. The topological polar surface area (TPSA) is 35.6 Å². The second-order valence-electron chi connectivity index (χ2n) is 7.02. The lowest BCUT2D eigenvalue weighted by atomic mass is 10.0. The van der Waals surface area contributed by atoms with Crippen LogP contribution in [0.1, 0.15) is 43.9 Å². The molecule has 1 heterocycles. The lowest BCUT2D eigenvalue weighted by molar-refractivity contribution is -0.125. The van der Waals surface area contributed by atoms with Crippen molar-refractivity contribution in [3.05, 3.63) is 35.4 Å². The van der Waals surface area contributed by atoms with E-state index in [1.165, 1.54) is 11.1 Å². The second kappa shape index (κ2) is 9.19. The molecule has 1 atom stereocenters. The van der Waals surface area contributed by atoms with Gasteiger partial charge in [-0.25, -0.2) is 0 Å². The van der Waals surface area contributed by atoms with Crippen LogP contribution in [0.4, 0.5) is 0 Å². The predicted octanol–water partition coefficient (Wildman–Crippen LogP) is 2.84. The van der Waals surface area contributed by atoms with Gasteiger partial charge in [-0.15, -0.1) is 0 Å². The fourth-order valence-electron chi connectivity index (χ4n) is 3.38. The van der Waals surface area contributed by atoms with Crippen molar-refractivity contribution in [1.82, 2.24) is 15.1 Å². The molecule has 1 saturated heterocycles. The van der Waals surface area contributed by atoms with Crippen molar-refractivity contribution in [2.45, 2.75) is 39.7 Å². The smallest absolute Gasteiger partial charge is 0.223 e. The Bertz CT molecular complexity index is 502. The molecule has 1 aromatic carbocycles. The molecule has 1 fully saturated rings. The Morgan fingerprint density at radius 3 is 2.21 bits per heavy atom. The summed E-state index contributed by atoms with van der Waals surface area (Å²) in [5, 5.41) is 3.21. The largest absolute Gasteiger partial charge is 0.354 e. The molecule has 4 nitrogen and oxygen atoms in total. The molecule has 0 spiro atoms. The molecule has 1 aliphatic heterocycles. The third-order valence-corrected chi connectivity index (χ3v) is 5.27. The van der Waals surface area contributed by atoms with Crippen molar-refractivity contribution in [2.24, 2.45) is 5.92 Å². The van der Waals surface area contributed by atoms with Crippen molar-refractivity contribution in [2.75, 3.05) is 39.8 Å². The van der Waals surface area contributed by atoms with E-state index in [1.54, 1.807) is 0 Å². The summed E-state index contributed by atoms with van der Waals surface area (Å²) in [5.74, 6) is 0.336. The number of amides is 1. The third-order valence-electron chi connectivity index (χ3n) is 5.27. The average molecular weight is 332 g/mol. The average Bonchev–Trinajstić information content (AvgIpc) is 2.59. The number of hydrogen-bond acceptors (Lipinski definition) is 3. The van der Waals surface area contributed by atoms with Gasteiger partial charge in [-0.3, -0.25) is 9.69 Å². The van der Waals surface area contributed by atoms with Crippen molar-refractivity contribution in [1.29, 1.82) is 0 Å². The van der Waals surface area contributed by atoms with Crippen LogP contribution in [0.2, 0.25) is 0 Å². The van der Waals surface area contributed by atoms with Gasteiger partial charge in [0.25, 0.3) is 0 Å². The molecular formula is C20H33N3O. The van der Waals surface area contributed by atoms with Gasteiger partial charge in [0.1, 0.15) is 0 Å². The normalized spacial score (nSPS) is 17.9. The molecule has 1 aromatic rings. The summed E-state index contributed by atoms with van der Waals surface area (Å²) in [6.07, 6.45) is 1.82. The van der Waals surface area contributed by atoms with Crippen LogP contribution in [0.25, 0.3) is 0 Å². The molecule has 0 aliphatic carbocycles. The Hall–Kier alpha value is -1.39. The van der Waals surface area contributed by atoms with Crippen LogP contribution < -0.4 is 5.32 Å².